The third kappa shape index (κ3) is 3.05. The van der Waals surface area contributed by atoms with Gasteiger partial charge in [-0.05, 0) is 36.6 Å². The summed E-state index contributed by atoms with van der Waals surface area (Å²) in [5, 5.41) is 8.07. The lowest BCUT2D eigenvalue weighted by atomic mass is 10.0. The molecular formula is C20H21N3O. The molecule has 0 fully saturated rings. The second-order valence-electron chi connectivity index (χ2n) is 6.28. The molecule has 4 heteroatoms. The Hall–Kier alpha value is -2.59. The van der Waals surface area contributed by atoms with Gasteiger partial charge in [0, 0.05) is 24.3 Å². The highest BCUT2D eigenvalue weighted by Gasteiger charge is 2.18. The maximum atomic E-state index is 5.83. The van der Waals surface area contributed by atoms with Crippen LogP contribution in [0, 0.1) is 6.92 Å². The molecule has 1 aliphatic heterocycles. The maximum Gasteiger partial charge on any atom is 0.122 e. The molecule has 1 N–H and O–H groups in total. The quantitative estimate of drug-likeness (QED) is 0.802. The van der Waals surface area contributed by atoms with Crippen LogP contribution in [0.25, 0.3) is 5.69 Å². The molecule has 0 saturated heterocycles. The number of para-hydroxylation sites is 2. The highest BCUT2D eigenvalue weighted by molar-refractivity contribution is 5.39. The Bertz CT molecular complexity index is 840. The number of hydrogen-bond acceptors (Lipinski definition) is 3. The third-order valence-electron chi connectivity index (χ3n) is 4.47. The molecule has 0 aliphatic carbocycles. The normalized spacial score (nSPS) is 16.5. The van der Waals surface area contributed by atoms with Gasteiger partial charge in [0.15, 0.2) is 0 Å². The van der Waals surface area contributed by atoms with Crippen LogP contribution in [0.1, 0.15) is 16.7 Å². The molecule has 2 heterocycles. The first kappa shape index (κ1) is 15.0. The minimum Gasteiger partial charge on any atom is -0.492 e. The van der Waals surface area contributed by atoms with Crippen molar-refractivity contribution >= 4 is 0 Å². The van der Waals surface area contributed by atoms with Crippen molar-refractivity contribution < 1.29 is 4.74 Å². The molecule has 4 nitrogen and oxygen atoms in total. The van der Waals surface area contributed by atoms with Crippen LogP contribution in [-0.4, -0.2) is 22.4 Å². The molecule has 0 amide bonds. The Balaban J connectivity index is 1.40. The van der Waals surface area contributed by atoms with Crippen molar-refractivity contribution in [1.82, 2.24) is 15.1 Å². The van der Waals surface area contributed by atoms with Gasteiger partial charge in [0.25, 0.3) is 0 Å². The van der Waals surface area contributed by atoms with Gasteiger partial charge in [-0.2, -0.15) is 5.10 Å². The largest absolute Gasteiger partial charge is 0.492 e. The Labute approximate surface area is 142 Å². The molecule has 0 saturated carbocycles. The van der Waals surface area contributed by atoms with Crippen molar-refractivity contribution in [2.75, 3.05) is 6.61 Å². The van der Waals surface area contributed by atoms with Crippen LogP contribution in [0.15, 0.2) is 60.9 Å². The summed E-state index contributed by atoms with van der Waals surface area (Å²) in [6.07, 6.45) is 5.02. The second-order valence-corrected chi connectivity index (χ2v) is 6.28. The minimum atomic E-state index is 0.335. The Morgan fingerprint density at radius 3 is 2.92 bits per heavy atom. The lowest BCUT2D eigenvalue weighted by Gasteiger charge is -2.25. The van der Waals surface area contributed by atoms with Gasteiger partial charge in [0.2, 0.25) is 0 Å². The molecule has 1 aromatic heterocycles. The van der Waals surface area contributed by atoms with Crippen LogP contribution < -0.4 is 10.1 Å². The maximum absolute atomic E-state index is 5.83. The minimum absolute atomic E-state index is 0.335. The van der Waals surface area contributed by atoms with Crippen molar-refractivity contribution in [1.29, 1.82) is 0 Å². The van der Waals surface area contributed by atoms with Gasteiger partial charge >= 0.3 is 0 Å². The van der Waals surface area contributed by atoms with E-state index in [9.17, 15) is 0 Å². The molecule has 4 rings (SSSR count). The molecule has 3 aromatic rings. The Morgan fingerprint density at radius 2 is 2.00 bits per heavy atom. The van der Waals surface area contributed by atoms with Crippen molar-refractivity contribution in [3.05, 3.63) is 77.6 Å². The smallest absolute Gasteiger partial charge is 0.122 e. The number of ether oxygens (including phenoxy) is 1. The first-order valence-electron chi connectivity index (χ1n) is 8.33. The zero-order chi connectivity index (χ0) is 16.4. The summed E-state index contributed by atoms with van der Waals surface area (Å²) >= 11 is 0. The summed E-state index contributed by atoms with van der Waals surface area (Å²) in [5.41, 5.74) is 4.80. The van der Waals surface area contributed by atoms with Gasteiger partial charge in [-0.25, -0.2) is 4.68 Å². The van der Waals surface area contributed by atoms with Crippen molar-refractivity contribution in [3.63, 3.8) is 0 Å². The van der Waals surface area contributed by atoms with Gasteiger partial charge in [0.1, 0.15) is 12.4 Å². The van der Waals surface area contributed by atoms with Gasteiger partial charge < -0.3 is 10.1 Å². The molecule has 0 radical (unpaired) electrons. The van der Waals surface area contributed by atoms with Crippen LogP contribution in [0.5, 0.6) is 5.75 Å². The fraction of sp³-hybridized carbons (Fsp3) is 0.250. The molecule has 1 unspecified atom stereocenters. The molecule has 122 valence electrons. The molecule has 1 atom stereocenters. The molecule has 24 heavy (non-hydrogen) atoms. The van der Waals surface area contributed by atoms with E-state index in [4.69, 9.17) is 4.74 Å². The molecular weight excluding hydrogens is 298 g/mol. The van der Waals surface area contributed by atoms with Gasteiger partial charge in [-0.3, -0.25) is 0 Å². The van der Waals surface area contributed by atoms with Crippen LogP contribution in [0.4, 0.5) is 0 Å². The first-order valence-corrected chi connectivity index (χ1v) is 8.33. The van der Waals surface area contributed by atoms with Gasteiger partial charge in [0.05, 0.1) is 11.9 Å². The molecule has 1 aliphatic rings. The summed E-state index contributed by atoms with van der Waals surface area (Å²) in [5.74, 6) is 1.02. The van der Waals surface area contributed by atoms with E-state index in [1.807, 2.05) is 35.1 Å². The molecule has 0 bridgehead atoms. The van der Waals surface area contributed by atoms with Crippen molar-refractivity contribution in [2.45, 2.75) is 25.9 Å². The van der Waals surface area contributed by atoms with E-state index < -0.39 is 0 Å². The summed E-state index contributed by atoms with van der Waals surface area (Å²) in [6.45, 7) is 3.61. The van der Waals surface area contributed by atoms with Crippen LogP contribution >= 0.6 is 0 Å². The van der Waals surface area contributed by atoms with Crippen molar-refractivity contribution in [2.24, 2.45) is 0 Å². The fourth-order valence-electron chi connectivity index (χ4n) is 3.12. The number of benzene rings is 2. The van der Waals surface area contributed by atoms with E-state index in [-0.39, 0.29) is 0 Å². The number of hydrogen-bond donors (Lipinski definition) is 1. The highest BCUT2D eigenvalue weighted by Crippen LogP contribution is 2.24. The van der Waals surface area contributed by atoms with E-state index in [2.05, 4.69) is 47.8 Å². The Kier molecular flexibility index (Phi) is 4.05. The summed E-state index contributed by atoms with van der Waals surface area (Å²) < 4.78 is 7.77. The third-order valence-corrected chi connectivity index (χ3v) is 4.47. The highest BCUT2D eigenvalue weighted by atomic mass is 16.5. The topological polar surface area (TPSA) is 39.1 Å². The number of aryl methyl sites for hydroxylation is 1. The predicted octanol–water partition coefficient (Wildman–Crippen LogP) is 3.27. The van der Waals surface area contributed by atoms with Crippen LogP contribution in [0.2, 0.25) is 0 Å². The summed E-state index contributed by atoms with van der Waals surface area (Å²) in [7, 11) is 0. The number of nitrogens with one attached hydrogen (secondary N) is 1. The van der Waals surface area contributed by atoms with Gasteiger partial charge in [-0.1, -0.05) is 36.4 Å². The SMILES string of the molecule is Cc1ccccc1-n1cc(CNC2COc3ccccc3C2)cn1. The van der Waals surface area contributed by atoms with Gasteiger partial charge in [-0.15, -0.1) is 0 Å². The van der Waals surface area contributed by atoms with Crippen LogP contribution in [-0.2, 0) is 13.0 Å². The average Bonchev–Trinajstić information content (AvgIpc) is 3.09. The monoisotopic (exact) mass is 319 g/mol. The lowest BCUT2D eigenvalue weighted by molar-refractivity contribution is 0.238. The van der Waals surface area contributed by atoms with E-state index >= 15 is 0 Å². The fourth-order valence-corrected chi connectivity index (χ4v) is 3.12. The number of aromatic nitrogens is 2. The predicted molar refractivity (Wildman–Crippen MR) is 94.6 cm³/mol. The molecule has 0 spiro atoms. The first-order chi connectivity index (χ1) is 11.8. The lowest BCUT2D eigenvalue weighted by Crippen LogP contribution is -2.38. The number of nitrogens with zero attached hydrogens (tertiary/aromatic N) is 2. The number of rotatable bonds is 4. The second kappa shape index (κ2) is 6.49. The van der Waals surface area contributed by atoms with Crippen molar-refractivity contribution in [3.8, 4) is 11.4 Å². The summed E-state index contributed by atoms with van der Waals surface area (Å²) in [6, 6.07) is 16.9. The zero-order valence-electron chi connectivity index (χ0n) is 13.8. The van der Waals surface area contributed by atoms with E-state index in [0.29, 0.717) is 12.6 Å². The average molecular weight is 319 g/mol. The standard InChI is InChI=1S/C20H21N3O/c1-15-6-2-4-8-19(15)23-13-16(12-22-23)11-21-18-10-17-7-3-5-9-20(17)24-14-18/h2-9,12-13,18,21H,10-11,14H2,1H3. The van der Waals surface area contributed by atoms with E-state index in [1.165, 1.54) is 16.7 Å². The van der Waals surface area contributed by atoms with E-state index in [0.717, 1.165) is 24.4 Å². The summed E-state index contributed by atoms with van der Waals surface area (Å²) in [4.78, 5) is 0. The van der Waals surface area contributed by atoms with Crippen LogP contribution in [0.3, 0.4) is 0 Å². The Morgan fingerprint density at radius 1 is 1.17 bits per heavy atom. The number of fused-ring (bicyclic) bond motifs is 1. The zero-order valence-corrected chi connectivity index (χ0v) is 13.8. The molecule has 2 aromatic carbocycles. The van der Waals surface area contributed by atoms with E-state index in [1.54, 1.807) is 0 Å².